The Morgan fingerprint density at radius 3 is 2.36 bits per heavy atom. The minimum atomic E-state index is -0.379. The fourth-order valence-electron chi connectivity index (χ4n) is 2.25. The van der Waals surface area contributed by atoms with Gasteiger partial charge in [0.2, 0.25) is 11.8 Å². The standard InChI is InChI=1S/C13H20N4O2S3/c1-8-2-4-9(5-3-8)15-11(19)7-21-13-17-16-12(22-13)20-6-10(14)18/h8-9H,2-7H2,1H3,(H2,14,18)(H,15,19). The van der Waals surface area contributed by atoms with Crippen LogP contribution < -0.4 is 11.1 Å². The van der Waals surface area contributed by atoms with Gasteiger partial charge in [0.05, 0.1) is 11.5 Å². The zero-order chi connectivity index (χ0) is 15.9. The number of nitrogens with zero attached hydrogens (tertiary/aromatic N) is 2. The number of nitrogens with one attached hydrogen (secondary N) is 1. The summed E-state index contributed by atoms with van der Waals surface area (Å²) in [5, 5.41) is 11.0. The van der Waals surface area contributed by atoms with E-state index in [1.54, 1.807) is 0 Å². The van der Waals surface area contributed by atoms with Crippen molar-refractivity contribution in [2.75, 3.05) is 11.5 Å². The third kappa shape index (κ3) is 6.13. The summed E-state index contributed by atoms with van der Waals surface area (Å²) in [6.07, 6.45) is 4.53. The van der Waals surface area contributed by atoms with Crippen molar-refractivity contribution in [1.82, 2.24) is 15.5 Å². The van der Waals surface area contributed by atoms with Crippen molar-refractivity contribution in [3.05, 3.63) is 0 Å². The van der Waals surface area contributed by atoms with Gasteiger partial charge in [0.25, 0.3) is 0 Å². The first-order chi connectivity index (χ1) is 10.5. The van der Waals surface area contributed by atoms with Crippen LogP contribution in [0, 0.1) is 5.92 Å². The summed E-state index contributed by atoms with van der Waals surface area (Å²) in [6, 6.07) is 0.320. The van der Waals surface area contributed by atoms with Crippen molar-refractivity contribution >= 4 is 46.7 Å². The molecule has 0 saturated heterocycles. The molecule has 22 heavy (non-hydrogen) atoms. The van der Waals surface area contributed by atoms with Crippen LogP contribution in [0.25, 0.3) is 0 Å². The number of carbonyl (C=O) groups is 2. The fraction of sp³-hybridized carbons (Fsp3) is 0.692. The molecule has 1 aromatic heterocycles. The van der Waals surface area contributed by atoms with Crippen LogP contribution in [-0.2, 0) is 9.59 Å². The molecule has 0 unspecified atom stereocenters. The minimum absolute atomic E-state index is 0.0473. The predicted molar refractivity (Wildman–Crippen MR) is 90.1 cm³/mol. The van der Waals surface area contributed by atoms with Crippen LogP contribution in [0.3, 0.4) is 0 Å². The maximum absolute atomic E-state index is 11.9. The molecule has 3 N–H and O–H groups in total. The number of thioether (sulfide) groups is 2. The SMILES string of the molecule is CC1CCC(NC(=O)CSc2nnc(SCC(N)=O)s2)CC1. The molecule has 9 heteroatoms. The highest BCUT2D eigenvalue weighted by atomic mass is 32.2. The van der Waals surface area contributed by atoms with Crippen LogP contribution in [-0.4, -0.2) is 39.6 Å². The van der Waals surface area contributed by atoms with Gasteiger partial charge in [-0.1, -0.05) is 41.8 Å². The highest BCUT2D eigenvalue weighted by Gasteiger charge is 2.20. The van der Waals surface area contributed by atoms with E-state index < -0.39 is 0 Å². The molecule has 2 amide bonds. The van der Waals surface area contributed by atoms with E-state index >= 15 is 0 Å². The molecule has 0 atom stereocenters. The number of carbonyl (C=O) groups excluding carboxylic acids is 2. The number of rotatable bonds is 7. The van der Waals surface area contributed by atoms with Gasteiger partial charge in [0.15, 0.2) is 8.68 Å². The van der Waals surface area contributed by atoms with Crippen LogP contribution in [0.4, 0.5) is 0 Å². The zero-order valence-corrected chi connectivity index (χ0v) is 14.9. The van der Waals surface area contributed by atoms with Gasteiger partial charge in [-0.25, -0.2) is 0 Å². The first-order valence-electron chi connectivity index (χ1n) is 7.19. The normalized spacial score (nSPS) is 21.5. The Kier molecular flexibility index (Phi) is 6.97. The molecule has 0 radical (unpaired) electrons. The van der Waals surface area contributed by atoms with E-state index in [0.29, 0.717) is 16.1 Å². The number of amides is 2. The van der Waals surface area contributed by atoms with Crippen LogP contribution in [0.1, 0.15) is 32.6 Å². The van der Waals surface area contributed by atoms with Crippen molar-refractivity contribution < 1.29 is 9.59 Å². The molecule has 2 rings (SSSR count). The Bertz CT molecular complexity index is 515. The van der Waals surface area contributed by atoms with Gasteiger partial charge in [0.1, 0.15) is 0 Å². The van der Waals surface area contributed by atoms with Gasteiger partial charge in [0, 0.05) is 6.04 Å². The Hall–Kier alpha value is -0.800. The summed E-state index contributed by atoms with van der Waals surface area (Å²) >= 11 is 4.02. The molecule has 122 valence electrons. The Morgan fingerprint density at radius 1 is 1.18 bits per heavy atom. The number of hydrogen-bond donors (Lipinski definition) is 2. The van der Waals surface area contributed by atoms with Crippen molar-refractivity contribution in [3.63, 3.8) is 0 Å². The lowest BCUT2D eigenvalue weighted by Gasteiger charge is -2.26. The summed E-state index contributed by atoms with van der Waals surface area (Å²) < 4.78 is 1.43. The summed E-state index contributed by atoms with van der Waals surface area (Å²) in [7, 11) is 0. The molecule has 0 aromatic carbocycles. The summed E-state index contributed by atoms with van der Waals surface area (Å²) in [5.74, 6) is 0.989. The summed E-state index contributed by atoms with van der Waals surface area (Å²) in [5.41, 5.74) is 5.08. The van der Waals surface area contributed by atoms with E-state index in [4.69, 9.17) is 5.73 Å². The Morgan fingerprint density at radius 2 is 1.77 bits per heavy atom. The highest BCUT2D eigenvalue weighted by molar-refractivity contribution is 8.03. The van der Waals surface area contributed by atoms with E-state index in [2.05, 4.69) is 22.4 Å². The van der Waals surface area contributed by atoms with Gasteiger partial charge in [-0.05, 0) is 31.6 Å². The molecule has 1 fully saturated rings. The third-order valence-electron chi connectivity index (χ3n) is 3.43. The molecular formula is C13H20N4O2S3. The first-order valence-corrected chi connectivity index (χ1v) is 9.98. The smallest absolute Gasteiger partial charge is 0.230 e. The van der Waals surface area contributed by atoms with Crippen molar-refractivity contribution in [1.29, 1.82) is 0 Å². The van der Waals surface area contributed by atoms with Gasteiger partial charge >= 0.3 is 0 Å². The molecule has 1 heterocycles. The summed E-state index contributed by atoms with van der Waals surface area (Å²) in [4.78, 5) is 22.6. The average Bonchev–Trinajstić information content (AvgIpc) is 2.93. The van der Waals surface area contributed by atoms with Crippen LogP contribution in [0.15, 0.2) is 8.68 Å². The molecule has 1 aliphatic rings. The molecule has 0 aliphatic heterocycles. The fourth-order valence-corrected chi connectivity index (χ4v) is 4.82. The maximum Gasteiger partial charge on any atom is 0.230 e. The largest absolute Gasteiger partial charge is 0.369 e. The van der Waals surface area contributed by atoms with Gasteiger partial charge in [-0.2, -0.15) is 0 Å². The van der Waals surface area contributed by atoms with E-state index in [1.807, 2.05) is 0 Å². The molecule has 0 spiro atoms. The van der Waals surface area contributed by atoms with Crippen molar-refractivity contribution in [3.8, 4) is 0 Å². The molecule has 0 bridgehead atoms. The van der Waals surface area contributed by atoms with Gasteiger partial charge in [-0.3, -0.25) is 9.59 Å². The molecule has 1 saturated carbocycles. The molecule has 1 aliphatic carbocycles. The first kappa shape index (κ1) is 17.6. The van der Waals surface area contributed by atoms with Crippen LogP contribution in [0.2, 0.25) is 0 Å². The van der Waals surface area contributed by atoms with E-state index in [-0.39, 0.29) is 17.6 Å². The average molecular weight is 361 g/mol. The van der Waals surface area contributed by atoms with Gasteiger partial charge < -0.3 is 11.1 Å². The number of aromatic nitrogens is 2. The monoisotopic (exact) mass is 360 g/mol. The third-order valence-corrected chi connectivity index (χ3v) is 6.65. The lowest BCUT2D eigenvalue weighted by Crippen LogP contribution is -2.38. The Labute approximate surface area is 142 Å². The van der Waals surface area contributed by atoms with E-state index in [0.717, 1.165) is 23.1 Å². The van der Waals surface area contributed by atoms with E-state index in [9.17, 15) is 9.59 Å². The van der Waals surface area contributed by atoms with E-state index in [1.165, 1.54) is 47.7 Å². The van der Waals surface area contributed by atoms with Crippen molar-refractivity contribution in [2.45, 2.75) is 47.3 Å². The highest BCUT2D eigenvalue weighted by Crippen LogP contribution is 2.28. The zero-order valence-electron chi connectivity index (χ0n) is 12.4. The minimum Gasteiger partial charge on any atom is -0.369 e. The second-order valence-corrected chi connectivity index (χ2v) is 8.82. The second kappa shape index (κ2) is 8.73. The number of nitrogens with two attached hydrogens (primary N) is 1. The van der Waals surface area contributed by atoms with Crippen LogP contribution in [0.5, 0.6) is 0 Å². The quantitative estimate of drug-likeness (QED) is 0.721. The lowest BCUT2D eigenvalue weighted by atomic mass is 9.87. The lowest BCUT2D eigenvalue weighted by molar-refractivity contribution is -0.119. The number of primary amides is 1. The van der Waals surface area contributed by atoms with Gasteiger partial charge in [-0.15, -0.1) is 10.2 Å². The summed E-state index contributed by atoms with van der Waals surface area (Å²) in [6.45, 7) is 2.26. The predicted octanol–water partition coefficient (Wildman–Crippen LogP) is 1.90. The van der Waals surface area contributed by atoms with Crippen molar-refractivity contribution in [2.24, 2.45) is 11.7 Å². The molecule has 1 aromatic rings. The Balaban J connectivity index is 1.68. The second-order valence-electron chi connectivity index (χ2n) is 5.40. The molecular weight excluding hydrogens is 340 g/mol. The topological polar surface area (TPSA) is 98.0 Å². The number of hydrogen-bond acceptors (Lipinski definition) is 7. The maximum atomic E-state index is 11.9. The van der Waals surface area contributed by atoms with Crippen LogP contribution >= 0.6 is 34.9 Å². The molecule has 6 nitrogen and oxygen atoms in total.